The Morgan fingerprint density at radius 2 is 2.10 bits per heavy atom. The van der Waals surface area contributed by atoms with Crippen molar-refractivity contribution in [2.45, 2.75) is 19.3 Å². The molecule has 0 bridgehead atoms. The first-order valence-electron chi connectivity index (χ1n) is 6.23. The van der Waals surface area contributed by atoms with Gasteiger partial charge in [0.05, 0.1) is 13.5 Å². The Balaban J connectivity index is 2.62. The van der Waals surface area contributed by atoms with E-state index in [1.165, 1.54) is 25.3 Å². The van der Waals surface area contributed by atoms with E-state index in [-0.39, 0.29) is 22.6 Å². The zero-order valence-electron chi connectivity index (χ0n) is 11.5. The van der Waals surface area contributed by atoms with E-state index in [0.29, 0.717) is 5.69 Å². The summed E-state index contributed by atoms with van der Waals surface area (Å²) in [5.41, 5.74) is 0.485. The van der Waals surface area contributed by atoms with Gasteiger partial charge in [0.2, 0.25) is 0 Å². The minimum Gasteiger partial charge on any atom is -0.469 e. The molecule has 0 aliphatic carbocycles. The third kappa shape index (κ3) is 3.00. The van der Waals surface area contributed by atoms with Crippen molar-refractivity contribution in [1.82, 2.24) is 10.2 Å². The minimum atomic E-state index is -0.818. The van der Waals surface area contributed by atoms with Crippen LogP contribution in [0.25, 0.3) is 0 Å². The van der Waals surface area contributed by atoms with Gasteiger partial charge in [-0.05, 0) is 19.1 Å². The van der Waals surface area contributed by atoms with Crippen LogP contribution in [0.5, 0.6) is 0 Å². The number of H-pyrrole nitrogens is 2. The molecule has 1 heterocycles. The highest BCUT2D eigenvalue weighted by atomic mass is 35.5. The lowest BCUT2D eigenvalue weighted by atomic mass is 9.88. The summed E-state index contributed by atoms with van der Waals surface area (Å²) in [4.78, 5) is 23.6. The molecule has 2 rings (SSSR count). The minimum absolute atomic E-state index is 0.109. The van der Waals surface area contributed by atoms with Gasteiger partial charge in [0.25, 0.3) is 5.56 Å². The standard InChI is InChI=1S/C14H14ClFN2O3/c1-7-12(14(20)18-17-7)8(6-11(19)21-2)13-9(15)4-3-5-10(13)16/h3-5,8H,6H2,1-2H3,(H2,17,18,20)/t8-/m1/s1. The first-order valence-corrected chi connectivity index (χ1v) is 6.61. The number of aryl methyl sites for hydroxylation is 1. The second kappa shape index (κ2) is 6.13. The van der Waals surface area contributed by atoms with E-state index in [0.717, 1.165) is 0 Å². The second-order valence-corrected chi connectivity index (χ2v) is 4.99. The fourth-order valence-electron chi connectivity index (χ4n) is 2.32. The summed E-state index contributed by atoms with van der Waals surface area (Å²) in [6.45, 7) is 1.66. The number of benzene rings is 1. The Hall–Kier alpha value is -2.08. The fourth-order valence-corrected chi connectivity index (χ4v) is 2.61. The molecule has 5 nitrogen and oxygen atoms in total. The van der Waals surface area contributed by atoms with Crippen LogP contribution in [0.15, 0.2) is 23.0 Å². The van der Waals surface area contributed by atoms with Gasteiger partial charge < -0.3 is 9.84 Å². The number of rotatable bonds is 4. The highest BCUT2D eigenvalue weighted by molar-refractivity contribution is 6.31. The van der Waals surface area contributed by atoms with Gasteiger partial charge in [-0.2, -0.15) is 0 Å². The van der Waals surface area contributed by atoms with Crippen molar-refractivity contribution in [2.75, 3.05) is 7.11 Å². The number of methoxy groups -OCH3 is 1. The van der Waals surface area contributed by atoms with Crippen LogP contribution in [-0.2, 0) is 9.53 Å². The Morgan fingerprint density at radius 1 is 1.38 bits per heavy atom. The molecule has 0 saturated heterocycles. The van der Waals surface area contributed by atoms with Crippen molar-refractivity contribution in [3.63, 3.8) is 0 Å². The van der Waals surface area contributed by atoms with Crippen molar-refractivity contribution >= 4 is 17.6 Å². The lowest BCUT2D eigenvalue weighted by molar-refractivity contribution is -0.140. The zero-order chi connectivity index (χ0) is 15.6. The second-order valence-electron chi connectivity index (χ2n) is 4.59. The SMILES string of the molecule is COC(=O)C[C@@H](c1c(F)cccc1Cl)c1c(C)[nH][nH]c1=O. The smallest absolute Gasteiger partial charge is 0.306 e. The van der Waals surface area contributed by atoms with Crippen LogP contribution >= 0.6 is 11.6 Å². The van der Waals surface area contributed by atoms with E-state index >= 15 is 0 Å². The molecule has 0 spiro atoms. The average Bonchev–Trinajstić information content (AvgIpc) is 2.76. The number of esters is 1. The molecule has 0 fully saturated rings. The number of ether oxygens (including phenoxy) is 1. The molecule has 0 amide bonds. The van der Waals surface area contributed by atoms with Gasteiger partial charge in [-0.3, -0.25) is 14.7 Å². The van der Waals surface area contributed by atoms with Crippen LogP contribution in [0.2, 0.25) is 5.02 Å². The van der Waals surface area contributed by atoms with E-state index in [4.69, 9.17) is 11.6 Å². The van der Waals surface area contributed by atoms with Crippen LogP contribution in [0.1, 0.15) is 29.2 Å². The first-order chi connectivity index (χ1) is 9.95. The van der Waals surface area contributed by atoms with E-state index in [2.05, 4.69) is 14.9 Å². The molecule has 7 heteroatoms. The van der Waals surface area contributed by atoms with Crippen LogP contribution in [0, 0.1) is 12.7 Å². The van der Waals surface area contributed by atoms with Crippen LogP contribution in [0.4, 0.5) is 4.39 Å². The van der Waals surface area contributed by atoms with E-state index < -0.39 is 23.3 Å². The summed E-state index contributed by atoms with van der Waals surface area (Å²) in [6.07, 6.45) is -0.182. The molecular formula is C14H14ClFN2O3. The van der Waals surface area contributed by atoms with Crippen molar-refractivity contribution in [2.24, 2.45) is 0 Å². The zero-order valence-corrected chi connectivity index (χ0v) is 12.3. The Morgan fingerprint density at radius 3 is 2.62 bits per heavy atom. The van der Waals surface area contributed by atoms with Crippen LogP contribution in [0.3, 0.4) is 0 Å². The first kappa shape index (κ1) is 15.3. The molecule has 1 atom stereocenters. The van der Waals surface area contributed by atoms with Crippen molar-refractivity contribution in [1.29, 1.82) is 0 Å². The van der Waals surface area contributed by atoms with Gasteiger partial charge in [0.1, 0.15) is 5.82 Å². The number of carbonyl (C=O) groups is 1. The number of carbonyl (C=O) groups excluding carboxylic acids is 1. The fraction of sp³-hybridized carbons (Fsp3) is 0.286. The molecule has 1 aromatic heterocycles. The number of aromatic nitrogens is 2. The summed E-state index contributed by atoms with van der Waals surface area (Å²) in [5.74, 6) is -1.95. The molecule has 0 aliphatic heterocycles. The number of halogens is 2. The van der Waals surface area contributed by atoms with E-state index in [9.17, 15) is 14.0 Å². The molecule has 0 unspecified atom stereocenters. The van der Waals surface area contributed by atoms with Crippen molar-refractivity contribution in [3.05, 3.63) is 56.2 Å². The normalized spacial score (nSPS) is 12.2. The van der Waals surface area contributed by atoms with Gasteiger partial charge in [-0.15, -0.1) is 0 Å². The summed E-state index contributed by atoms with van der Waals surface area (Å²) >= 11 is 6.06. The maximum Gasteiger partial charge on any atom is 0.306 e. The maximum absolute atomic E-state index is 14.2. The molecule has 2 aromatic rings. The maximum atomic E-state index is 14.2. The topological polar surface area (TPSA) is 75.0 Å². The Kier molecular flexibility index (Phi) is 4.47. The summed E-state index contributed by atoms with van der Waals surface area (Å²) in [5, 5.41) is 5.24. The quantitative estimate of drug-likeness (QED) is 0.852. The van der Waals surface area contributed by atoms with Gasteiger partial charge in [0, 0.05) is 27.8 Å². The Bertz CT molecular complexity index is 703. The van der Waals surface area contributed by atoms with E-state index in [1.807, 2.05) is 0 Å². The lowest BCUT2D eigenvalue weighted by Crippen LogP contribution is -2.18. The Labute approximate surface area is 125 Å². The van der Waals surface area contributed by atoms with E-state index in [1.54, 1.807) is 6.92 Å². The third-order valence-electron chi connectivity index (χ3n) is 3.31. The molecular weight excluding hydrogens is 299 g/mol. The van der Waals surface area contributed by atoms with Gasteiger partial charge >= 0.3 is 5.97 Å². The van der Waals surface area contributed by atoms with Gasteiger partial charge in [-0.25, -0.2) is 4.39 Å². The molecule has 0 saturated carbocycles. The third-order valence-corrected chi connectivity index (χ3v) is 3.64. The van der Waals surface area contributed by atoms with Crippen LogP contribution < -0.4 is 5.56 Å². The highest BCUT2D eigenvalue weighted by Gasteiger charge is 2.28. The number of nitrogens with one attached hydrogen (secondary N) is 2. The van der Waals surface area contributed by atoms with Crippen molar-refractivity contribution < 1.29 is 13.9 Å². The molecule has 0 radical (unpaired) electrons. The summed E-state index contributed by atoms with van der Waals surface area (Å²) < 4.78 is 18.8. The summed E-state index contributed by atoms with van der Waals surface area (Å²) in [7, 11) is 1.23. The molecule has 21 heavy (non-hydrogen) atoms. The highest BCUT2D eigenvalue weighted by Crippen LogP contribution is 2.34. The molecule has 112 valence electrons. The number of aromatic amines is 2. The monoisotopic (exact) mass is 312 g/mol. The molecule has 0 aliphatic rings. The molecule has 2 N–H and O–H groups in total. The van der Waals surface area contributed by atoms with Gasteiger partial charge in [-0.1, -0.05) is 17.7 Å². The molecule has 1 aromatic carbocycles. The largest absolute Gasteiger partial charge is 0.469 e. The van der Waals surface area contributed by atoms with Crippen LogP contribution in [-0.4, -0.2) is 23.3 Å². The summed E-state index contributed by atoms with van der Waals surface area (Å²) in [6, 6.07) is 4.21. The average molecular weight is 313 g/mol. The van der Waals surface area contributed by atoms with Crippen molar-refractivity contribution in [3.8, 4) is 0 Å². The predicted molar refractivity (Wildman–Crippen MR) is 76.0 cm³/mol. The lowest BCUT2D eigenvalue weighted by Gasteiger charge is -2.17. The predicted octanol–water partition coefficient (Wildman–Crippen LogP) is 2.50. The van der Waals surface area contributed by atoms with Gasteiger partial charge in [0.15, 0.2) is 0 Å². The number of hydrogen-bond acceptors (Lipinski definition) is 3. The number of hydrogen-bond donors (Lipinski definition) is 2.